The number of benzene rings is 2. The van der Waals surface area contributed by atoms with Crippen molar-refractivity contribution in [2.24, 2.45) is 0 Å². The van der Waals surface area contributed by atoms with Crippen LogP contribution in [0.15, 0.2) is 60.8 Å². The molecule has 27 heavy (non-hydrogen) atoms. The molecular weight excluding hydrogens is 364 g/mol. The van der Waals surface area contributed by atoms with E-state index >= 15 is 0 Å². The zero-order chi connectivity index (χ0) is 18.8. The first kappa shape index (κ1) is 17.3. The SMILES string of the molecule is O=C(CN1CCN(c2cccc(Cl)c2)C1=O)Nc1cccc2ncccc12. The molecular formula is C20H17ClN4O2. The summed E-state index contributed by atoms with van der Waals surface area (Å²) in [7, 11) is 0. The van der Waals surface area contributed by atoms with Crippen molar-refractivity contribution in [3.8, 4) is 0 Å². The molecule has 0 atom stereocenters. The minimum Gasteiger partial charge on any atom is -0.324 e. The summed E-state index contributed by atoms with van der Waals surface area (Å²) in [6.45, 7) is 0.993. The molecule has 0 unspecified atom stereocenters. The first-order chi connectivity index (χ1) is 13.1. The molecule has 0 radical (unpaired) electrons. The normalized spacial score (nSPS) is 14.0. The fourth-order valence-electron chi connectivity index (χ4n) is 3.19. The van der Waals surface area contributed by atoms with Crippen molar-refractivity contribution in [3.05, 3.63) is 65.8 Å². The van der Waals surface area contributed by atoms with Crippen molar-refractivity contribution in [2.75, 3.05) is 29.9 Å². The van der Waals surface area contributed by atoms with Gasteiger partial charge in [0, 0.05) is 35.4 Å². The van der Waals surface area contributed by atoms with Crippen LogP contribution < -0.4 is 10.2 Å². The van der Waals surface area contributed by atoms with Crippen LogP contribution in [0.1, 0.15) is 0 Å². The largest absolute Gasteiger partial charge is 0.325 e. The van der Waals surface area contributed by atoms with E-state index in [-0.39, 0.29) is 18.5 Å². The summed E-state index contributed by atoms with van der Waals surface area (Å²) in [6, 6.07) is 16.2. The van der Waals surface area contributed by atoms with Gasteiger partial charge in [-0.3, -0.25) is 14.7 Å². The van der Waals surface area contributed by atoms with Gasteiger partial charge in [0.05, 0.1) is 11.2 Å². The summed E-state index contributed by atoms with van der Waals surface area (Å²) < 4.78 is 0. The topological polar surface area (TPSA) is 65.5 Å². The molecule has 1 N–H and O–H groups in total. The lowest BCUT2D eigenvalue weighted by atomic mass is 10.2. The molecule has 2 aromatic carbocycles. The zero-order valence-electron chi connectivity index (χ0n) is 14.4. The van der Waals surface area contributed by atoms with Crippen molar-refractivity contribution >= 4 is 45.8 Å². The van der Waals surface area contributed by atoms with Crippen LogP contribution in [-0.2, 0) is 4.79 Å². The predicted molar refractivity (Wildman–Crippen MR) is 106 cm³/mol. The van der Waals surface area contributed by atoms with Gasteiger partial charge in [-0.1, -0.05) is 23.7 Å². The molecule has 1 aromatic heterocycles. The van der Waals surface area contributed by atoms with Gasteiger partial charge in [-0.2, -0.15) is 0 Å². The van der Waals surface area contributed by atoms with E-state index in [2.05, 4.69) is 10.3 Å². The zero-order valence-corrected chi connectivity index (χ0v) is 15.2. The van der Waals surface area contributed by atoms with Crippen LogP contribution in [0.3, 0.4) is 0 Å². The summed E-state index contributed by atoms with van der Waals surface area (Å²) in [5.74, 6) is -0.243. The lowest BCUT2D eigenvalue weighted by Crippen LogP contribution is -2.37. The van der Waals surface area contributed by atoms with Crippen LogP contribution in [0.25, 0.3) is 10.9 Å². The summed E-state index contributed by atoms with van der Waals surface area (Å²) in [5, 5.41) is 4.32. The Morgan fingerprint density at radius 3 is 2.81 bits per heavy atom. The van der Waals surface area contributed by atoms with Gasteiger partial charge in [0.1, 0.15) is 6.54 Å². The van der Waals surface area contributed by atoms with E-state index in [0.29, 0.717) is 23.8 Å². The monoisotopic (exact) mass is 380 g/mol. The number of anilines is 2. The molecule has 1 fully saturated rings. The Kier molecular flexibility index (Phi) is 4.64. The number of pyridine rings is 1. The highest BCUT2D eigenvalue weighted by Crippen LogP contribution is 2.24. The third-order valence-corrected chi connectivity index (χ3v) is 4.70. The number of hydrogen-bond donors (Lipinski definition) is 1. The molecule has 0 spiro atoms. The van der Waals surface area contributed by atoms with Gasteiger partial charge in [0.25, 0.3) is 0 Å². The summed E-state index contributed by atoms with van der Waals surface area (Å²) >= 11 is 6.01. The number of hydrogen-bond acceptors (Lipinski definition) is 3. The van der Waals surface area contributed by atoms with Gasteiger partial charge in [0.15, 0.2) is 0 Å². The Morgan fingerprint density at radius 1 is 1.11 bits per heavy atom. The van der Waals surface area contributed by atoms with Gasteiger partial charge >= 0.3 is 6.03 Å². The molecule has 7 heteroatoms. The van der Waals surface area contributed by atoms with Crippen molar-refractivity contribution in [3.63, 3.8) is 0 Å². The third-order valence-electron chi connectivity index (χ3n) is 4.47. The van der Waals surface area contributed by atoms with E-state index in [1.54, 1.807) is 29.3 Å². The number of urea groups is 1. The molecule has 3 aromatic rings. The summed E-state index contributed by atoms with van der Waals surface area (Å²) in [5.41, 5.74) is 2.22. The Balaban J connectivity index is 1.45. The quantitative estimate of drug-likeness (QED) is 0.749. The molecule has 2 heterocycles. The minimum atomic E-state index is -0.243. The maximum atomic E-state index is 12.6. The molecule has 3 amide bonds. The summed E-state index contributed by atoms with van der Waals surface area (Å²) in [4.78, 5) is 32.6. The van der Waals surface area contributed by atoms with Crippen LogP contribution in [-0.4, -0.2) is 41.5 Å². The van der Waals surface area contributed by atoms with Crippen LogP contribution in [0, 0.1) is 0 Å². The number of rotatable bonds is 4. The van der Waals surface area contributed by atoms with Crippen molar-refractivity contribution in [1.29, 1.82) is 0 Å². The fourth-order valence-corrected chi connectivity index (χ4v) is 3.37. The fraction of sp³-hybridized carbons (Fsp3) is 0.150. The lowest BCUT2D eigenvalue weighted by Gasteiger charge is -2.19. The number of nitrogens with zero attached hydrogens (tertiary/aromatic N) is 3. The molecule has 6 nitrogen and oxygen atoms in total. The second-order valence-corrected chi connectivity index (χ2v) is 6.70. The van der Waals surface area contributed by atoms with E-state index in [4.69, 9.17) is 11.6 Å². The average Bonchev–Trinajstić information content (AvgIpc) is 3.02. The van der Waals surface area contributed by atoms with Gasteiger partial charge in [-0.15, -0.1) is 0 Å². The van der Waals surface area contributed by atoms with E-state index in [1.807, 2.05) is 36.4 Å². The highest BCUT2D eigenvalue weighted by atomic mass is 35.5. The molecule has 0 bridgehead atoms. The van der Waals surface area contributed by atoms with Crippen LogP contribution in [0.5, 0.6) is 0 Å². The van der Waals surface area contributed by atoms with Crippen LogP contribution in [0.2, 0.25) is 5.02 Å². The Bertz CT molecular complexity index is 1020. The second-order valence-electron chi connectivity index (χ2n) is 6.26. The maximum absolute atomic E-state index is 12.6. The van der Waals surface area contributed by atoms with Crippen molar-refractivity contribution in [1.82, 2.24) is 9.88 Å². The predicted octanol–water partition coefficient (Wildman–Crippen LogP) is 3.77. The van der Waals surface area contributed by atoms with E-state index in [9.17, 15) is 9.59 Å². The van der Waals surface area contributed by atoms with Crippen molar-refractivity contribution < 1.29 is 9.59 Å². The third kappa shape index (κ3) is 3.57. The van der Waals surface area contributed by atoms with Gasteiger partial charge in [-0.05, 0) is 42.5 Å². The summed E-state index contributed by atoms with van der Waals surface area (Å²) in [6.07, 6.45) is 1.71. The van der Waals surface area contributed by atoms with Crippen LogP contribution in [0.4, 0.5) is 16.2 Å². The van der Waals surface area contributed by atoms with Gasteiger partial charge < -0.3 is 10.2 Å². The number of carbonyl (C=O) groups excluding carboxylic acids is 2. The molecule has 4 rings (SSSR count). The molecule has 1 saturated heterocycles. The maximum Gasteiger partial charge on any atom is 0.325 e. The average molecular weight is 381 g/mol. The van der Waals surface area contributed by atoms with E-state index in [1.165, 1.54) is 4.90 Å². The first-order valence-electron chi connectivity index (χ1n) is 8.57. The smallest absolute Gasteiger partial charge is 0.324 e. The highest BCUT2D eigenvalue weighted by molar-refractivity contribution is 6.30. The number of nitrogens with one attached hydrogen (secondary N) is 1. The molecule has 1 aliphatic heterocycles. The minimum absolute atomic E-state index is 0.00739. The second kappa shape index (κ2) is 7.25. The number of halogens is 1. The van der Waals surface area contributed by atoms with Gasteiger partial charge in [0.2, 0.25) is 5.91 Å². The number of amides is 3. The Labute approximate surface area is 161 Å². The number of aromatic nitrogens is 1. The number of fused-ring (bicyclic) bond motifs is 1. The van der Waals surface area contributed by atoms with Gasteiger partial charge in [-0.25, -0.2) is 4.79 Å². The Hall–Kier alpha value is -3.12. The number of carbonyl (C=O) groups is 2. The lowest BCUT2D eigenvalue weighted by molar-refractivity contribution is -0.116. The highest BCUT2D eigenvalue weighted by Gasteiger charge is 2.30. The van der Waals surface area contributed by atoms with E-state index in [0.717, 1.165) is 16.6 Å². The standard InChI is InChI=1S/C20H17ClN4O2/c21-14-4-1-5-15(12-14)25-11-10-24(20(25)27)13-19(26)23-18-8-2-7-17-16(18)6-3-9-22-17/h1-9,12H,10-11,13H2,(H,23,26). The Morgan fingerprint density at radius 2 is 1.96 bits per heavy atom. The molecule has 1 aliphatic rings. The van der Waals surface area contributed by atoms with E-state index < -0.39 is 0 Å². The molecule has 0 aliphatic carbocycles. The van der Waals surface area contributed by atoms with Crippen LogP contribution >= 0.6 is 11.6 Å². The van der Waals surface area contributed by atoms with Crippen molar-refractivity contribution in [2.45, 2.75) is 0 Å². The first-order valence-corrected chi connectivity index (χ1v) is 8.95. The molecule has 136 valence electrons. The molecule has 0 saturated carbocycles.